The minimum absolute atomic E-state index is 0.000847. The third-order valence-electron chi connectivity index (χ3n) is 7.24. The highest BCUT2D eigenvalue weighted by atomic mass is 32.2. The molecule has 0 unspecified atom stereocenters. The van der Waals surface area contributed by atoms with Gasteiger partial charge in [-0.15, -0.1) is 0 Å². The molecule has 0 spiro atoms. The second kappa shape index (κ2) is 12.1. The van der Waals surface area contributed by atoms with Crippen LogP contribution in [-0.2, 0) is 21.2 Å². The molecule has 0 aliphatic carbocycles. The van der Waals surface area contributed by atoms with Crippen LogP contribution in [0.5, 0.6) is 0 Å². The normalized spacial score (nSPS) is 17.5. The number of fused-ring (bicyclic) bond motifs is 1. The first-order chi connectivity index (χ1) is 18.1. The van der Waals surface area contributed by atoms with Crippen molar-refractivity contribution < 1.29 is 27.9 Å². The minimum atomic E-state index is -3.87. The van der Waals surface area contributed by atoms with E-state index in [0.717, 1.165) is 37.9 Å². The van der Waals surface area contributed by atoms with Gasteiger partial charge in [0.1, 0.15) is 5.69 Å². The Labute approximate surface area is 222 Å². The Morgan fingerprint density at radius 3 is 2.58 bits per heavy atom. The quantitative estimate of drug-likeness (QED) is 0.405. The summed E-state index contributed by atoms with van der Waals surface area (Å²) < 4.78 is 27.0. The highest BCUT2D eigenvalue weighted by Crippen LogP contribution is 2.20. The van der Waals surface area contributed by atoms with Crippen molar-refractivity contribution in [3.8, 4) is 0 Å². The molecule has 2 aliphatic rings. The molecule has 206 valence electrons. The molecule has 0 bridgehead atoms. The molecular weight excluding hydrogens is 510 g/mol. The number of carboxylic acid groups (broad SMARTS) is 1. The molecule has 0 saturated carbocycles. The molecule has 3 heterocycles. The van der Waals surface area contributed by atoms with Gasteiger partial charge in [0, 0.05) is 32.2 Å². The van der Waals surface area contributed by atoms with Gasteiger partial charge in [0.15, 0.2) is 15.5 Å². The highest BCUT2D eigenvalue weighted by Gasteiger charge is 2.30. The van der Waals surface area contributed by atoms with Gasteiger partial charge in [-0.2, -0.15) is 5.10 Å². The van der Waals surface area contributed by atoms with E-state index >= 15 is 0 Å². The molecule has 2 aromatic rings. The molecule has 3 N–H and O–H groups in total. The third kappa shape index (κ3) is 6.79. The summed E-state index contributed by atoms with van der Waals surface area (Å²) in [4.78, 5) is 39.6. The molecule has 0 radical (unpaired) electrons. The lowest BCUT2D eigenvalue weighted by Gasteiger charge is -2.26. The number of aliphatic carboxylic acids is 1. The molecule has 11 nitrogen and oxygen atoms in total. The molecule has 2 aliphatic heterocycles. The van der Waals surface area contributed by atoms with Crippen LogP contribution in [-0.4, -0.2) is 84.5 Å². The van der Waals surface area contributed by atoms with E-state index in [2.05, 4.69) is 15.7 Å². The van der Waals surface area contributed by atoms with E-state index in [1.54, 1.807) is 12.1 Å². The number of hydrogen-bond acceptors (Lipinski definition) is 7. The van der Waals surface area contributed by atoms with Crippen molar-refractivity contribution in [1.82, 2.24) is 25.3 Å². The predicted octanol–water partition coefficient (Wildman–Crippen LogP) is 1.33. The topological polar surface area (TPSA) is 151 Å². The average molecular weight is 546 g/mol. The van der Waals surface area contributed by atoms with Gasteiger partial charge in [-0.05, 0) is 63.7 Å². The maximum Gasteiger partial charge on any atom is 0.309 e. The summed E-state index contributed by atoms with van der Waals surface area (Å²) >= 11 is 0. The number of nitrogens with zero attached hydrogens (tertiary/aromatic N) is 3. The Bertz CT molecular complexity index is 1270. The summed E-state index contributed by atoms with van der Waals surface area (Å²) in [6.45, 7) is 5.22. The van der Waals surface area contributed by atoms with E-state index < -0.39 is 39.9 Å². The van der Waals surface area contributed by atoms with Gasteiger partial charge < -0.3 is 20.6 Å². The van der Waals surface area contributed by atoms with Crippen molar-refractivity contribution in [2.45, 2.75) is 44.0 Å². The number of carbonyl (C=O) groups excluding carboxylic acids is 2. The number of rotatable bonds is 10. The zero-order valence-corrected chi connectivity index (χ0v) is 22.4. The molecule has 12 heteroatoms. The molecule has 2 amide bonds. The number of benzene rings is 1. The van der Waals surface area contributed by atoms with E-state index in [0.29, 0.717) is 37.7 Å². The summed E-state index contributed by atoms with van der Waals surface area (Å²) in [5, 5.41) is 19.7. The molecule has 1 fully saturated rings. The Balaban J connectivity index is 1.38. The number of amides is 2. The molecule has 1 aromatic carbocycles. The maximum absolute atomic E-state index is 13.2. The largest absolute Gasteiger partial charge is 0.481 e. The first-order valence-electron chi connectivity index (χ1n) is 13.0. The number of carbonyl (C=O) groups is 3. The van der Waals surface area contributed by atoms with E-state index in [4.69, 9.17) is 0 Å². The minimum Gasteiger partial charge on any atom is -0.481 e. The van der Waals surface area contributed by atoms with Gasteiger partial charge in [0.2, 0.25) is 0 Å². The first-order valence-corrected chi connectivity index (χ1v) is 14.7. The zero-order chi connectivity index (χ0) is 27.3. The second-order valence-corrected chi connectivity index (χ2v) is 12.1. The van der Waals surface area contributed by atoms with Gasteiger partial charge >= 0.3 is 5.97 Å². The smallest absolute Gasteiger partial charge is 0.309 e. The molecule has 1 saturated heterocycles. The van der Waals surface area contributed by atoms with Gasteiger partial charge in [0.25, 0.3) is 11.8 Å². The van der Waals surface area contributed by atoms with Crippen LogP contribution in [0.15, 0.2) is 35.2 Å². The highest BCUT2D eigenvalue weighted by molar-refractivity contribution is 7.91. The Morgan fingerprint density at radius 2 is 1.89 bits per heavy atom. The van der Waals surface area contributed by atoms with Crippen molar-refractivity contribution in [3.63, 3.8) is 0 Å². The van der Waals surface area contributed by atoms with Crippen LogP contribution >= 0.6 is 0 Å². The lowest BCUT2D eigenvalue weighted by molar-refractivity contribution is -0.140. The van der Waals surface area contributed by atoms with Crippen LogP contribution in [0.3, 0.4) is 0 Å². The molecule has 38 heavy (non-hydrogen) atoms. The summed E-state index contributed by atoms with van der Waals surface area (Å²) in [6, 6.07) is 7.59. The van der Waals surface area contributed by atoms with Crippen LogP contribution in [0.1, 0.15) is 52.2 Å². The van der Waals surface area contributed by atoms with Crippen LogP contribution < -0.4 is 10.6 Å². The van der Waals surface area contributed by atoms with Crippen molar-refractivity contribution in [1.29, 1.82) is 0 Å². The number of sulfone groups is 1. The maximum atomic E-state index is 13.2. The molecule has 1 atom stereocenters. The Kier molecular flexibility index (Phi) is 8.83. The van der Waals surface area contributed by atoms with Crippen LogP contribution in [0, 0.1) is 18.8 Å². The number of aromatic nitrogens is 2. The van der Waals surface area contributed by atoms with E-state index in [-0.39, 0.29) is 16.5 Å². The van der Waals surface area contributed by atoms with Gasteiger partial charge in [-0.3, -0.25) is 19.1 Å². The number of aryl methyl sites for hydroxylation is 2. The summed E-state index contributed by atoms with van der Waals surface area (Å²) in [7, 11) is -3.87. The molecule has 1 aromatic heterocycles. The summed E-state index contributed by atoms with van der Waals surface area (Å²) in [6.07, 6.45) is 3.87. The molecular formula is C26H35N5O6S. The lowest BCUT2D eigenvalue weighted by Crippen LogP contribution is -2.37. The number of carboxylic acids is 1. The monoisotopic (exact) mass is 545 g/mol. The first kappa shape index (κ1) is 27.8. The second-order valence-electron chi connectivity index (χ2n) is 10.1. The number of nitrogens with one attached hydrogen (secondary N) is 2. The van der Waals surface area contributed by atoms with Gasteiger partial charge in [-0.25, -0.2) is 8.42 Å². The summed E-state index contributed by atoms with van der Waals surface area (Å²) in [5.74, 6) is -3.57. The van der Waals surface area contributed by atoms with Crippen molar-refractivity contribution in [3.05, 3.63) is 47.3 Å². The fourth-order valence-corrected chi connectivity index (χ4v) is 6.43. The van der Waals surface area contributed by atoms with Crippen LogP contribution in [0.2, 0.25) is 0 Å². The zero-order valence-electron chi connectivity index (χ0n) is 21.6. The predicted molar refractivity (Wildman–Crippen MR) is 140 cm³/mol. The molecule has 4 rings (SSSR count). The Hall–Kier alpha value is -3.25. The average Bonchev–Trinajstić information content (AvgIpc) is 3.27. The van der Waals surface area contributed by atoms with Crippen LogP contribution in [0.4, 0.5) is 0 Å². The fourth-order valence-electron chi connectivity index (χ4n) is 4.90. The summed E-state index contributed by atoms with van der Waals surface area (Å²) in [5.41, 5.74) is 1.21. The van der Waals surface area contributed by atoms with Gasteiger partial charge in [-0.1, -0.05) is 17.7 Å². The van der Waals surface area contributed by atoms with Crippen LogP contribution in [0.25, 0.3) is 0 Å². The fraction of sp³-hybridized carbons (Fsp3) is 0.538. The third-order valence-corrected chi connectivity index (χ3v) is 9.07. The van der Waals surface area contributed by atoms with Crippen molar-refractivity contribution in [2.75, 3.05) is 38.5 Å². The Morgan fingerprint density at radius 1 is 1.18 bits per heavy atom. The van der Waals surface area contributed by atoms with Crippen molar-refractivity contribution in [2.24, 2.45) is 11.8 Å². The van der Waals surface area contributed by atoms with Crippen molar-refractivity contribution >= 4 is 27.6 Å². The SMILES string of the molecule is Cc1ccc(S(=O)(=O)C[C@H](CNC(=O)c2cc3n(n2)CCCN(CCC2CCNCC2)C3=O)C(=O)O)cc1. The van der Waals surface area contributed by atoms with E-state index in [1.165, 1.54) is 22.9 Å². The number of hydrogen-bond donors (Lipinski definition) is 3. The van der Waals surface area contributed by atoms with Gasteiger partial charge in [0.05, 0.1) is 16.6 Å². The standard InChI is InChI=1S/C26H35N5O6S/c1-18-3-5-21(6-4-18)38(36,37)17-20(26(34)35)16-28-24(32)22-15-23-25(33)30(12-2-13-31(23)29-22)14-9-19-7-10-27-11-8-19/h3-6,15,19-20,27H,2,7-14,16-17H2,1H3,(H,28,32)(H,34,35)/t20-/m0/s1. The number of piperidine rings is 1. The lowest BCUT2D eigenvalue weighted by atomic mass is 9.94. The van der Waals surface area contributed by atoms with E-state index in [1.807, 2.05) is 11.8 Å². The van der Waals surface area contributed by atoms with E-state index in [9.17, 15) is 27.9 Å².